The second-order valence-electron chi connectivity index (χ2n) is 6.09. The number of methoxy groups -OCH3 is 1. The largest absolute Gasteiger partial charge is 0.497 e. The SMILES string of the molecule is COc1cccc(NC(=O)NC(c2ccccc2)c2cccc(C)c2)c1. The van der Waals surface area contributed by atoms with Gasteiger partial charge in [0, 0.05) is 11.8 Å². The average molecular weight is 346 g/mol. The fourth-order valence-corrected chi connectivity index (χ4v) is 2.85. The summed E-state index contributed by atoms with van der Waals surface area (Å²) in [7, 11) is 1.60. The van der Waals surface area contributed by atoms with Crippen LogP contribution >= 0.6 is 0 Å². The molecular formula is C22H22N2O2. The van der Waals surface area contributed by atoms with E-state index in [-0.39, 0.29) is 12.1 Å². The van der Waals surface area contributed by atoms with Crippen LogP contribution in [0.4, 0.5) is 10.5 Å². The maximum Gasteiger partial charge on any atom is 0.319 e. The minimum absolute atomic E-state index is 0.235. The molecule has 3 rings (SSSR count). The van der Waals surface area contributed by atoms with Crippen LogP contribution in [0.2, 0.25) is 0 Å². The van der Waals surface area contributed by atoms with Gasteiger partial charge in [0.25, 0.3) is 0 Å². The van der Waals surface area contributed by atoms with Gasteiger partial charge >= 0.3 is 6.03 Å². The summed E-state index contributed by atoms with van der Waals surface area (Å²) in [6.07, 6.45) is 0. The molecule has 0 saturated heterocycles. The normalized spacial score (nSPS) is 11.5. The number of carbonyl (C=O) groups is 1. The molecule has 4 nitrogen and oxygen atoms in total. The zero-order chi connectivity index (χ0) is 18.4. The second kappa shape index (κ2) is 8.21. The topological polar surface area (TPSA) is 50.4 Å². The van der Waals surface area contributed by atoms with Crippen LogP contribution < -0.4 is 15.4 Å². The Kier molecular flexibility index (Phi) is 5.54. The molecule has 0 fully saturated rings. The lowest BCUT2D eigenvalue weighted by Gasteiger charge is -2.21. The van der Waals surface area contributed by atoms with Crippen LogP contribution in [0, 0.1) is 6.92 Å². The zero-order valence-corrected chi connectivity index (χ0v) is 14.9. The molecule has 0 radical (unpaired) electrons. The third kappa shape index (κ3) is 4.42. The van der Waals surface area contributed by atoms with Gasteiger partial charge in [0.2, 0.25) is 0 Å². The van der Waals surface area contributed by atoms with Gasteiger partial charge in [0.05, 0.1) is 13.2 Å². The lowest BCUT2D eigenvalue weighted by Crippen LogP contribution is -2.33. The van der Waals surface area contributed by atoms with Gasteiger partial charge in [-0.15, -0.1) is 0 Å². The zero-order valence-electron chi connectivity index (χ0n) is 14.9. The monoisotopic (exact) mass is 346 g/mol. The molecule has 26 heavy (non-hydrogen) atoms. The molecule has 1 unspecified atom stereocenters. The summed E-state index contributed by atoms with van der Waals surface area (Å²) in [5.74, 6) is 0.695. The first kappa shape index (κ1) is 17.5. The van der Waals surface area contributed by atoms with Crippen molar-refractivity contribution >= 4 is 11.7 Å². The van der Waals surface area contributed by atoms with Crippen molar-refractivity contribution in [1.29, 1.82) is 0 Å². The van der Waals surface area contributed by atoms with Gasteiger partial charge < -0.3 is 15.4 Å². The van der Waals surface area contributed by atoms with Gasteiger partial charge in [-0.1, -0.05) is 66.2 Å². The summed E-state index contributed by atoms with van der Waals surface area (Å²) in [4.78, 5) is 12.6. The Morgan fingerprint density at radius 1 is 0.885 bits per heavy atom. The smallest absolute Gasteiger partial charge is 0.319 e. The number of amides is 2. The molecule has 0 heterocycles. The fraction of sp³-hybridized carbons (Fsp3) is 0.136. The molecule has 0 aliphatic rings. The lowest BCUT2D eigenvalue weighted by atomic mass is 9.97. The van der Waals surface area contributed by atoms with Crippen LogP contribution in [0.25, 0.3) is 0 Å². The molecule has 132 valence electrons. The highest BCUT2D eigenvalue weighted by molar-refractivity contribution is 5.90. The Morgan fingerprint density at radius 2 is 1.62 bits per heavy atom. The molecule has 3 aromatic rings. The van der Waals surface area contributed by atoms with E-state index in [9.17, 15) is 4.79 Å². The van der Waals surface area contributed by atoms with Crippen molar-refractivity contribution in [3.63, 3.8) is 0 Å². The molecule has 0 aliphatic heterocycles. The predicted octanol–water partition coefficient (Wildman–Crippen LogP) is 4.91. The van der Waals surface area contributed by atoms with Crippen LogP contribution in [0.15, 0.2) is 78.9 Å². The highest BCUT2D eigenvalue weighted by Crippen LogP contribution is 2.23. The predicted molar refractivity (Wildman–Crippen MR) is 105 cm³/mol. The van der Waals surface area contributed by atoms with Crippen molar-refractivity contribution in [3.8, 4) is 5.75 Å². The highest BCUT2D eigenvalue weighted by atomic mass is 16.5. The van der Waals surface area contributed by atoms with Crippen LogP contribution in [-0.4, -0.2) is 13.1 Å². The Balaban J connectivity index is 1.82. The van der Waals surface area contributed by atoms with Gasteiger partial charge in [-0.3, -0.25) is 0 Å². The number of carbonyl (C=O) groups excluding carboxylic acids is 1. The minimum atomic E-state index is -0.270. The number of rotatable bonds is 5. The Bertz CT molecular complexity index is 878. The van der Waals surface area contributed by atoms with E-state index < -0.39 is 0 Å². The molecule has 0 bridgehead atoms. The van der Waals surface area contributed by atoms with Crippen LogP contribution in [0.5, 0.6) is 5.75 Å². The molecule has 2 N–H and O–H groups in total. The number of anilines is 1. The van der Waals surface area contributed by atoms with Crippen LogP contribution in [0.3, 0.4) is 0 Å². The van der Waals surface area contributed by atoms with Gasteiger partial charge in [-0.05, 0) is 30.2 Å². The number of ether oxygens (including phenoxy) is 1. The number of nitrogens with one attached hydrogen (secondary N) is 2. The number of benzene rings is 3. The number of aryl methyl sites for hydroxylation is 1. The maximum atomic E-state index is 12.6. The second-order valence-corrected chi connectivity index (χ2v) is 6.09. The fourth-order valence-electron chi connectivity index (χ4n) is 2.85. The summed E-state index contributed by atoms with van der Waals surface area (Å²) in [5, 5.41) is 5.94. The lowest BCUT2D eigenvalue weighted by molar-refractivity contribution is 0.250. The molecule has 2 amide bonds. The van der Waals surface area contributed by atoms with Gasteiger partial charge in [-0.25, -0.2) is 4.79 Å². The van der Waals surface area contributed by atoms with Gasteiger partial charge in [0.15, 0.2) is 0 Å². The average Bonchev–Trinajstić information content (AvgIpc) is 2.67. The molecule has 1 atom stereocenters. The molecule has 3 aromatic carbocycles. The molecule has 4 heteroatoms. The number of urea groups is 1. The van der Waals surface area contributed by atoms with Crippen molar-refractivity contribution in [2.24, 2.45) is 0 Å². The number of hydrogen-bond acceptors (Lipinski definition) is 2. The standard InChI is InChI=1S/C22H22N2O2/c1-16-8-6-11-18(14-16)21(17-9-4-3-5-10-17)24-22(25)23-19-12-7-13-20(15-19)26-2/h3-15,21H,1-2H3,(H2,23,24,25). The van der Waals surface area contributed by atoms with Crippen LogP contribution in [-0.2, 0) is 0 Å². The summed E-state index contributed by atoms with van der Waals surface area (Å²) >= 11 is 0. The van der Waals surface area contributed by atoms with Gasteiger partial charge in [-0.2, -0.15) is 0 Å². The molecule has 0 aliphatic carbocycles. The Hall–Kier alpha value is -3.27. The molecule has 0 spiro atoms. The maximum absolute atomic E-state index is 12.6. The van der Waals surface area contributed by atoms with Crippen molar-refractivity contribution in [3.05, 3.63) is 95.6 Å². The van der Waals surface area contributed by atoms with E-state index in [1.165, 1.54) is 0 Å². The van der Waals surface area contributed by atoms with E-state index in [2.05, 4.69) is 16.7 Å². The molecular weight excluding hydrogens is 324 g/mol. The Labute approximate surface area is 153 Å². The van der Waals surface area contributed by atoms with E-state index in [4.69, 9.17) is 4.74 Å². The summed E-state index contributed by atoms with van der Waals surface area (Å²) < 4.78 is 5.20. The molecule has 0 aromatic heterocycles. The van der Waals surface area contributed by atoms with Crippen LogP contribution in [0.1, 0.15) is 22.7 Å². The number of hydrogen-bond donors (Lipinski definition) is 2. The van der Waals surface area contributed by atoms with E-state index in [0.29, 0.717) is 11.4 Å². The first-order valence-corrected chi connectivity index (χ1v) is 8.49. The summed E-state index contributed by atoms with van der Waals surface area (Å²) in [6.45, 7) is 2.04. The highest BCUT2D eigenvalue weighted by Gasteiger charge is 2.17. The molecule has 0 saturated carbocycles. The van der Waals surface area contributed by atoms with E-state index in [0.717, 1.165) is 16.7 Å². The van der Waals surface area contributed by atoms with Gasteiger partial charge in [0.1, 0.15) is 5.75 Å². The first-order valence-electron chi connectivity index (χ1n) is 8.49. The van der Waals surface area contributed by atoms with Crippen molar-refractivity contribution < 1.29 is 9.53 Å². The third-order valence-corrected chi connectivity index (χ3v) is 4.11. The minimum Gasteiger partial charge on any atom is -0.497 e. The first-order chi connectivity index (χ1) is 12.7. The van der Waals surface area contributed by atoms with E-state index in [1.807, 2.05) is 73.7 Å². The summed E-state index contributed by atoms with van der Waals surface area (Å²) in [6, 6.07) is 24.9. The van der Waals surface area contributed by atoms with Crippen molar-refractivity contribution in [2.45, 2.75) is 13.0 Å². The van der Waals surface area contributed by atoms with E-state index >= 15 is 0 Å². The quantitative estimate of drug-likeness (QED) is 0.689. The summed E-state index contributed by atoms with van der Waals surface area (Å²) in [5.41, 5.74) is 3.90. The van der Waals surface area contributed by atoms with Crippen molar-refractivity contribution in [2.75, 3.05) is 12.4 Å². The Morgan fingerprint density at radius 3 is 2.35 bits per heavy atom. The third-order valence-electron chi connectivity index (χ3n) is 4.11. The van der Waals surface area contributed by atoms with Crippen molar-refractivity contribution in [1.82, 2.24) is 5.32 Å². The van der Waals surface area contributed by atoms with E-state index in [1.54, 1.807) is 13.2 Å².